The van der Waals surface area contributed by atoms with E-state index in [4.69, 9.17) is 11.6 Å². The summed E-state index contributed by atoms with van der Waals surface area (Å²) in [5, 5.41) is 9.28. The molecule has 0 fully saturated rings. The Hall–Kier alpha value is 0.160. The topological polar surface area (TPSA) is 66.4 Å². The van der Waals surface area contributed by atoms with E-state index in [0.29, 0.717) is 18.7 Å². The quantitative estimate of drug-likeness (QED) is 0.655. The second-order valence-corrected chi connectivity index (χ2v) is 6.36. The molecule has 6 heteroatoms. The van der Waals surface area contributed by atoms with Crippen LogP contribution in [0, 0.1) is 5.92 Å². The van der Waals surface area contributed by atoms with Crippen molar-refractivity contribution in [1.29, 1.82) is 0 Å². The number of rotatable bonds is 8. The molecule has 0 aromatic rings. The molecule has 0 aromatic heterocycles. The highest BCUT2D eigenvalue weighted by atomic mass is 35.5. The maximum Gasteiger partial charge on any atom is 0.212 e. The van der Waals surface area contributed by atoms with Crippen molar-refractivity contribution in [3.05, 3.63) is 0 Å². The van der Waals surface area contributed by atoms with Crippen molar-refractivity contribution in [2.45, 2.75) is 39.2 Å². The molecule has 4 nitrogen and oxygen atoms in total. The minimum absolute atomic E-state index is 0.00174. The van der Waals surface area contributed by atoms with E-state index in [-0.39, 0.29) is 18.3 Å². The Labute approximate surface area is 103 Å². The zero-order valence-electron chi connectivity index (χ0n) is 10.2. The van der Waals surface area contributed by atoms with Crippen molar-refractivity contribution in [2.24, 2.45) is 5.92 Å². The van der Waals surface area contributed by atoms with Gasteiger partial charge in [-0.1, -0.05) is 20.8 Å². The fourth-order valence-electron chi connectivity index (χ4n) is 1.44. The molecule has 0 saturated carbocycles. The first kappa shape index (κ1) is 16.2. The van der Waals surface area contributed by atoms with Crippen LogP contribution in [0.25, 0.3) is 0 Å². The molecule has 0 saturated heterocycles. The first-order valence-corrected chi connectivity index (χ1v) is 7.72. The molecule has 98 valence electrons. The highest BCUT2D eigenvalue weighted by molar-refractivity contribution is 7.89. The molecular weight excluding hydrogens is 250 g/mol. The van der Waals surface area contributed by atoms with Gasteiger partial charge in [0.15, 0.2) is 0 Å². The average Bonchev–Trinajstić information content (AvgIpc) is 2.25. The van der Waals surface area contributed by atoms with Crippen molar-refractivity contribution < 1.29 is 13.5 Å². The third-order valence-corrected chi connectivity index (χ3v) is 5.07. The summed E-state index contributed by atoms with van der Waals surface area (Å²) in [6.45, 7) is 5.31. The molecule has 0 amide bonds. The van der Waals surface area contributed by atoms with Gasteiger partial charge in [0.2, 0.25) is 10.0 Å². The summed E-state index contributed by atoms with van der Waals surface area (Å²) in [7, 11) is -3.38. The van der Waals surface area contributed by atoms with Crippen LogP contribution in [0.5, 0.6) is 0 Å². The largest absolute Gasteiger partial charge is 0.394 e. The second kappa shape index (κ2) is 6.79. The van der Waals surface area contributed by atoms with Crippen LogP contribution >= 0.6 is 11.6 Å². The van der Waals surface area contributed by atoms with Gasteiger partial charge in [-0.3, -0.25) is 0 Å². The highest BCUT2D eigenvalue weighted by Crippen LogP contribution is 2.16. The van der Waals surface area contributed by atoms with E-state index in [9.17, 15) is 13.5 Å². The molecule has 0 aromatic carbocycles. The number of aliphatic hydroxyl groups excluding tert-OH is 1. The van der Waals surface area contributed by atoms with Gasteiger partial charge in [-0.2, -0.15) is 0 Å². The predicted octanol–water partition coefficient (Wildman–Crippen LogP) is 1.33. The summed E-state index contributed by atoms with van der Waals surface area (Å²) >= 11 is 5.59. The van der Waals surface area contributed by atoms with E-state index in [1.54, 1.807) is 6.92 Å². The summed E-state index contributed by atoms with van der Waals surface area (Å²) in [5.41, 5.74) is -0.731. The standard InChI is InChI=1S/C10H22ClNO3S/c1-4-10(5-2,8-13)12-16(14,15)7-9(3)6-11/h9,12-13H,4-8H2,1-3H3. The number of hydrogen-bond donors (Lipinski definition) is 2. The van der Waals surface area contributed by atoms with Crippen LogP contribution in [0.1, 0.15) is 33.6 Å². The zero-order chi connectivity index (χ0) is 12.8. The van der Waals surface area contributed by atoms with Crippen molar-refractivity contribution in [3.63, 3.8) is 0 Å². The monoisotopic (exact) mass is 271 g/mol. The molecule has 0 aliphatic rings. The Balaban J connectivity index is 4.67. The van der Waals surface area contributed by atoms with Gasteiger partial charge in [-0.25, -0.2) is 13.1 Å². The molecule has 1 unspecified atom stereocenters. The molecule has 0 radical (unpaired) electrons. The molecular formula is C10H22ClNO3S. The van der Waals surface area contributed by atoms with Crippen LogP contribution in [0.3, 0.4) is 0 Å². The fraction of sp³-hybridized carbons (Fsp3) is 1.00. The van der Waals surface area contributed by atoms with E-state index in [0.717, 1.165) is 0 Å². The minimum Gasteiger partial charge on any atom is -0.394 e. The minimum atomic E-state index is -3.38. The summed E-state index contributed by atoms with van der Waals surface area (Å²) in [6, 6.07) is 0. The second-order valence-electron chi connectivity index (χ2n) is 4.29. The zero-order valence-corrected chi connectivity index (χ0v) is 11.7. The highest BCUT2D eigenvalue weighted by Gasteiger charge is 2.31. The molecule has 0 heterocycles. The van der Waals surface area contributed by atoms with Crippen molar-refractivity contribution in [1.82, 2.24) is 4.72 Å². The SMILES string of the molecule is CCC(CC)(CO)NS(=O)(=O)CC(C)CCl. The van der Waals surface area contributed by atoms with E-state index >= 15 is 0 Å². The number of sulfonamides is 1. The van der Waals surface area contributed by atoms with E-state index in [2.05, 4.69) is 4.72 Å². The number of aliphatic hydroxyl groups is 1. The Kier molecular flexibility index (Phi) is 6.86. The molecule has 2 N–H and O–H groups in total. The maximum atomic E-state index is 11.8. The third kappa shape index (κ3) is 4.99. The fourth-order valence-corrected chi connectivity index (χ4v) is 3.64. The molecule has 1 atom stereocenters. The number of hydrogen-bond acceptors (Lipinski definition) is 3. The average molecular weight is 272 g/mol. The number of nitrogens with one attached hydrogen (secondary N) is 1. The molecule has 0 aliphatic carbocycles. The smallest absolute Gasteiger partial charge is 0.212 e. The van der Waals surface area contributed by atoms with Crippen LogP contribution in [-0.2, 0) is 10.0 Å². The summed E-state index contributed by atoms with van der Waals surface area (Å²) in [6.07, 6.45) is 1.13. The van der Waals surface area contributed by atoms with Gasteiger partial charge >= 0.3 is 0 Å². The Morgan fingerprint density at radius 2 is 1.88 bits per heavy atom. The van der Waals surface area contributed by atoms with Crippen molar-refractivity contribution in [2.75, 3.05) is 18.2 Å². The van der Waals surface area contributed by atoms with Crippen molar-refractivity contribution in [3.8, 4) is 0 Å². The van der Waals surface area contributed by atoms with Gasteiger partial charge in [0.25, 0.3) is 0 Å². The van der Waals surface area contributed by atoms with Crippen LogP contribution < -0.4 is 4.72 Å². The molecule has 0 bridgehead atoms. The number of halogens is 1. The molecule has 0 rings (SSSR count). The first-order valence-electron chi connectivity index (χ1n) is 5.53. The van der Waals surface area contributed by atoms with Gasteiger partial charge in [0.05, 0.1) is 17.9 Å². The maximum absolute atomic E-state index is 11.8. The third-order valence-electron chi connectivity index (χ3n) is 2.80. The lowest BCUT2D eigenvalue weighted by Gasteiger charge is -2.30. The Morgan fingerprint density at radius 1 is 1.38 bits per heavy atom. The van der Waals surface area contributed by atoms with Crippen LogP contribution in [0.15, 0.2) is 0 Å². The Morgan fingerprint density at radius 3 is 2.19 bits per heavy atom. The summed E-state index contributed by atoms with van der Waals surface area (Å²) in [4.78, 5) is 0. The van der Waals surface area contributed by atoms with Crippen LogP contribution in [0.4, 0.5) is 0 Å². The lowest BCUT2D eigenvalue weighted by atomic mass is 9.96. The van der Waals surface area contributed by atoms with Crippen molar-refractivity contribution >= 4 is 21.6 Å². The first-order chi connectivity index (χ1) is 7.34. The molecule has 0 aliphatic heterocycles. The van der Waals surface area contributed by atoms with Crippen LogP contribution in [0.2, 0.25) is 0 Å². The molecule has 16 heavy (non-hydrogen) atoms. The lowest BCUT2D eigenvalue weighted by molar-refractivity contribution is 0.172. The normalized spacial score (nSPS) is 15.1. The predicted molar refractivity (Wildman–Crippen MR) is 67.2 cm³/mol. The summed E-state index contributed by atoms with van der Waals surface area (Å²) in [5.74, 6) is 0.216. The van der Waals surface area contributed by atoms with Gasteiger partial charge in [0.1, 0.15) is 0 Å². The van der Waals surface area contributed by atoms with E-state index in [1.165, 1.54) is 0 Å². The number of alkyl halides is 1. The van der Waals surface area contributed by atoms with E-state index < -0.39 is 15.6 Å². The van der Waals surface area contributed by atoms with E-state index in [1.807, 2.05) is 13.8 Å². The van der Waals surface area contributed by atoms with Gasteiger partial charge in [0, 0.05) is 5.88 Å². The molecule has 0 spiro atoms. The van der Waals surface area contributed by atoms with Crippen LogP contribution in [-0.4, -0.2) is 37.3 Å². The lowest BCUT2D eigenvalue weighted by Crippen LogP contribution is -2.51. The van der Waals surface area contributed by atoms with Gasteiger partial charge < -0.3 is 5.11 Å². The van der Waals surface area contributed by atoms with Gasteiger partial charge in [-0.15, -0.1) is 11.6 Å². The summed E-state index contributed by atoms with van der Waals surface area (Å²) < 4.78 is 26.2. The Bertz CT molecular complexity index is 280. The van der Waals surface area contributed by atoms with Gasteiger partial charge in [-0.05, 0) is 18.8 Å².